The number of carbonyl (C=O) groups excluding carboxylic acids is 2. The van der Waals surface area contributed by atoms with Crippen LogP contribution < -0.4 is 5.32 Å². The maximum Gasteiger partial charge on any atom is 0.252 e. The van der Waals surface area contributed by atoms with E-state index in [0.29, 0.717) is 23.2 Å². The molecule has 1 amide bonds. The van der Waals surface area contributed by atoms with Crippen LogP contribution in [0.4, 0.5) is 0 Å². The van der Waals surface area contributed by atoms with Gasteiger partial charge in [-0.1, -0.05) is 35.9 Å². The highest BCUT2D eigenvalue weighted by atomic mass is 16.5. The van der Waals surface area contributed by atoms with Crippen molar-refractivity contribution in [2.45, 2.75) is 39.2 Å². The molecule has 1 saturated heterocycles. The molecule has 0 unspecified atom stereocenters. The first-order valence-corrected chi connectivity index (χ1v) is 9.17. The van der Waals surface area contributed by atoms with E-state index in [9.17, 15) is 9.59 Å². The van der Waals surface area contributed by atoms with Crippen molar-refractivity contribution in [3.05, 3.63) is 70.3 Å². The summed E-state index contributed by atoms with van der Waals surface area (Å²) >= 11 is 0. The SMILES string of the molecule is Cc1ccc(C)c(C(=O)c2ccccc2C(=O)NCC[C@@H]2CCCO2)c1. The van der Waals surface area contributed by atoms with Crippen LogP contribution in [0.2, 0.25) is 0 Å². The van der Waals surface area contributed by atoms with E-state index in [1.165, 1.54) is 0 Å². The molecule has 136 valence electrons. The summed E-state index contributed by atoms with van der Waals surface area (Å²) in [6.07, 6.45) is 3.18. The van der Waals surface area contributed by atoms with Gasteiger partial charge in [0.05, 0.1) is 11.7 Å². The largest absolute Gasteiger partial charge is 0.378 e. The summed E-state index contributed by atoms with van der Waals surface area (Å²) in [4.78, 5) is 25.7. The van der Waals surface area contributed by atoms with E-state index in [1.807, 2.05) is 32.0 Å². The lowest BCUT2D eigenvalue weighted by molar-refractivity contribution is 0.0900. The number of hydrogen-bond acceptors (Lipinski definition) is 3. The lowest BCUT2D eigenvalue weighted by atomic mass is 9.94. The fraction of sp³-hybridized carbons (Fsp3) is 0.364. The number of ketones is 1. The zero-order valence-corrected chi connectivity index (χ0v) is 15.4. The average molecular weight is 351 g/mol. The predicted molar refractivity (Wildman–Crippen MR) is 102 cm³/mol. The smallest absolute Gasteiger partial charge is 0.252 e. The summed E-state index contributed by atoms with van der Waals surface area (Å²) < 4.78 is 5.58. The second-order valence-corrected chi connectivity index (χ2v) is 6.87. The van der Waals surface area contributed by atoms with Gasteiger partial charge in [0, 0.05) is 24.3 Å². The molecule has 4 nitrogen and oxygen atoms in total. The first kappa shape index (κ1) is 18.3. The maximum absolute atomic E-state index is 13.0. The quantitative estimate of drug-likeness (QED) is 0.805. The lowest BCUT2D eigenvalue weighted by Gasteiger charge is -2.13. The van der Waals surface area contributed by atoms with Gasteiger partial charge in [-0.15, -0.1) is 0 Å². The van der Waals surface area contributed by atoms with Crippen LogP contribution in [-0.2, 0) is 4.74 Å². The van der Waals surface area contributed by atoms with Crippen molar-refractivity contribution in [3.8, 4) is 0 Å². The molecule has 3 rings (SSSR count). The van der Waals surface area contributed by atoms with Crippen molar-refractivity contribution in [1.82, 2.24) is 5.32 Å². The predicted octanol–water partition coefficient (Wildman–Crippen LogP) is 3.83. The molecule has 2 aromatic rings. The number of ether oxygens (including phenoxy) is 1. The van der Waals surface area contributed by atoms with Crippen LogP contribution in [0, 0.1) is 13.8 Å². The average Bonchev–Trinajstić information content (AvgIpc) is 3.16. The van der Waals surface area contributed by atoms with Gasteiger partial charge in [0.2, 0.25) is 0 Å². The molecular formula is C22H25NO3. The van der Waals surface area contributed by atoms with Crippen LogP contribution in [0.25, 0.3) is 0 Å². The number of amides is 1. The van der Waals surface area contributed by atoms with Gasteiger partial charge in [0.1, 0.15) is 0 Å². The zero-order valence-electron chi connectivity index (χ0n) is 15.4. The van der Waals surface area contributed by atoms with E-state index < -0.39 is 0 Å². The number of aryl methyl sites for hydroxylation is 2. The molecule has 0 saturated carbocycles. The van der Waals surface area contributed by atoms with Crippen LogP contribution in [-0.4, -0.2) is 30.9 Å². The van der Waals surface area contributed by atoms with Crippen LogP contribution in [0.15, 0.2) is 42.5 Å². The van der Waals surface area contributed by atoms with Crippen LogP contribution in [0.1, 0.15) is 56.7 Å². The van der Waals surface area contributed by atoms with E-state index in [0.717, 1.165) is 37.0 Å². The molecule has 0 radical (unpaired) electrons. The fourth-order valence-electron chi connectivity index (χ4n) is 3.32. The molecule has 0 aromatic heterocycles. The van der Waals surface area contributed by atoms with Crippen LogP contribution >= 0.6 is 0 Å². The van der Waals surface area contributed by atoms with E-state index >= 15 is 0 Å². The fourth-order valence-corrected chi connectivity index (χ4v) is 3.32. The Kier molecular flexibility index (Phi) is 5.84. The Morgan fingerprint density at radius 1 is 1.08 bits per heavy atom. The summed E-state index contributed by atoms with van der Waals surface area (Å²) in [6.45, 7) is 5.23. The first-order valence-electron chi connectivity index (χ1n) is 9.17. The van der Waals surface area contributed by atoms with Gasteiger partial charge >= 0.3 is 0 Å². The molecule has 1 fully saturated rings. The standard InChI is InChI=1S/C22H25NO3/c1-15-9-10-16(2)20(14-15)21(24)18-7-3-4-8-19(18)22(25)23-12-11-17-6-5-13-26-17/h3-4,7-10,14,17H,5-6,11-13H2,1-2H3,(H,23,25)/t17-/m0/s1. The van der Waals surface area contributed by atoms with Crippen molar-refractivity contribution in [3.63, 3.8) is 0 Å². The summed E-state index contributed by atoms with van der Waals surface area (Å²) in [5.74, 6) is -0.326. The Hall–Kier alpha value is -2.46. The molecule has 4 heteroatoms. The van der Waals surface area contributed by atoms with E-state index in [1.54, 1.807) is 24.3 Å². The van der Waals surface area contributed by atoms with Gasteiger partial charge in [-0.3, -0.25) is 9.59 Å². The summed E-state index contributed by atoms with van der Waals surface area (Å²) in [5, 5.41) is 2.93. The molecule has 1 aliphatic heterocycles. The van der Waals surface area contributed by atoms with Crippen LogP contribution in [0.3, 0.4) is 0 Å². The topological polar surface area (TPSA) is 55.4 Å². The lowest BCUT2D eigenvalue weighted by Crippen LogP contribution is -2.28. The second kappa shape index (κ2) is 8.28. The molecular weight excluding hydrogens is 326 g/mol. The van der Waals surface area contributed by atoms with Gasteiger partial charge in [-0.05, 0) is 50.8 Å². The maximum atomic E-state index is 13.0. The Labute approximate surface area is 154 Å². The van der Waals surface area contributed by atoms with Gasteiger partial charge in [0.25, 0.3) is 5.91 Å². The molecule has 0 aliphatic carbocycles. The van der Waals surface area contributed by atoms with Crippen molar-refractivity contribution in [1.29, 1.82) is 0 Å². The summed E-state index contributed by atoms with van der Waals surface area (Å²) in [5.41, 5.74) is 3.44. The summed E-state index contributed by atoms with van der Waals surface area (Å²) in [7, 11) is 0. The highest BCUT2D eigenvalue weighted by Gasteiger charge is 2.20. The third-order valence-electron chi connectivity index (χ3n) is 4.83. The number of rotatable bonds is 6. The molecule has 26 heavy (non-hydrogen) atoms. The Bertz CT molecular complexity index is 807. The molecule has 2 aromatic carbocycles. The Balaban J connectivity index is 1.75. The van der Waals surface area contributed by atoms with Crippen LogP contribution in [0.5, 0.6) is 0 Å². The van der Waals surface area contributed by atoms with E-state index in [2.05, 4.69) is 5.32 Å². The van der Waals surface area contributed by atoms with Crippen molar-refractivity contribution < 1.29 is 14.3 Å². The molecule has 1 atom stereocenters. The van der Waals surface area contributed by atoms with Gasteiger partial charge in [0.15, 0.2) is 5.78 Å². The Morgan fingerprint density at radius 2 is 1.85 bits per heavy atom. The molecule has 1 N–H and O–H groups in total. The summed E-state index contributed by atoms with van der Waals surface area (Å²) in [6, 6.07) is 12.8. The van der Waals surface area contributed by atoms with Gasteiger partial charge in [-0.25, -0.2) is 0 Å². The first-order chi connectivity index (χ1) is 12.6. The van der Waals surface area contributed by atoms with Gasteiger partial charge in [-0.2, -0.15) is 0 Å². The highest BCUT2D eigenvalue weighted by Crippen LogP contribution is 2.19. The monoisotopic (exact) mass is 351 g/mol. The van der Waals surface area contributed by atoms with Crippen molar-refractivity contribution in [2.75, 3.05) is 13.2 Å². The Morgan fingerprint density at radius 3 is 2.58 bits per heavy atom. The third-order valence-corrected chi connectivity index (χ3v) is 4.83. The minimum absolute atomic E-state index is 0.115. The highest BCUT2D eigenvalue weighted by molar-refractivity contribution is 6.15. The van der Waals surface area contributed by atoms with Gasteiger partial charge < -0.3 is 10.1 Å². The molecule has 0 bridgehead atoms. The molecule has 1 aliphatic rings. The zero-order chi connectivity index (χ0) is 18.5. The van der Waals surface area contributed by atoms with E-state index in [-0.39, 0.29) is 17.8 Å². The second-order valence-electron chi connectivity index (χ2n) is 6.87. The van der Waals surface area contributed by atoms with E-state index in [4.69, 9.17) is 4.74 Å². The minimum atomic E-state index is -0.211. The normalized spacial score (nSPS) is 16.5. The van der Waals surface area contributed by atoms with Crippen molar-refractivity contribution in [2.24, 2.45) is 0 Å². The third kappa shape index (κ3) is 4.20. The number of nitrogens with one attached hydrogen (secondary N) is 1. The number of benzene rings is 2. The minimum Gasteiger partial charge on any atom is -0.378 e. The molecule has 1 heterocycles. The number of carbonyl (C=O) groups is 2. The molecule has 0 spiro atoms. The number of hydrogen-bond donors (Lipinski definition) is 1. The van der Waals surface area contributed by atoms with Crippen molar-refractivity contribution >= 4 is 11.7 Å².